The Morgan fingerprint density at radius 3 is 2.67 bits per heavy atom. The molecule has 0 saturated carbocycles. The lowest BCUT2D eigenvalue weighted by Crippen LogP contribution is -2.45. The van der Waals surface area contributed by atoms with Gasteiger partial charge in [0.1, 0.15) is 11.6 Å². The van der Waals surface area contributed by atoms with Crippen LogP contribution in [-0.4, -0.2) is 18.9 Å². The van der Waals surface area contributed by atoms with Crippen molar-refractivity contribution in [3.05, 3.63) is 35.6 Å². The number of hydrogen-bond acceptors (Lipinski definition) is 2. The fourth-order valence-electron chi connectivity index (χ4n) is 2.68. The van der Waals surface area contributed by atoms with E-state index in [0.717, 1.165) is 37.9 Å². The van der Waals surface area contributed by atoms with E-state index in [1.165, 1.54) is 12.1 Å². The summed E-state index contributed by atoms with van der Waals surface area (Å²) in [5, 5.41) is 3.32. The first-order chi connectivity index (χ1) is 8.66. The van der Waals surface area contributed by atoms with Gasteiger partial charge in [0, 0.05) is 18.4 Å². The van der Waals surface area contributed by atoms with Crippen LogP contribution in [0, 0.1) is 11.2 Å². The number of ketones is 1. The Hall–Kier alpha value is -1.22. The van der Waals surface area contributed by atoms with Crippen LogP contribution in [0.2, 0.25) is 0 Å². The zero-order valence-corrected chi connectivity index (χ0v) is 10.8. The van der Waals surface area contributed by atoms with E-state index in [1.54, 1.807) is 12.1 Å². The number of rotatable bonds is 4. The third kappa shape index (κ3) is 2.78. The summed E-state index contributed by atoms with van der Waals surface area (Å²) in [6.07, 6.45) is 3.31. The van der Waals surface area contributed by atoms with Crippen molar-refractivity contribution in [1.29, 1.82) is 0 Å². The molecule has 2 nitrogen and oxygen atoms in total. The summed E-state index contributed by atoms with van der Waals surface area (Å²) in [4.78, 5) is 12.5. The summed E-state index contributed by atoms with van der Waals surface area (Å²) in [6, 6.07) is 6.24. The second-order valence-electron chi connectivity index (χ2n) is 5.14. The molecule has 18 heavy (non-hydrogen) atoms. The first kappa shape index (κ1) is 13.2. The maximum atomic E-state index is 12.8. The fourth-order valence-corrected chi connectivity index (χ4v) is 2.68. The van der Waals surface area contributed by atoms with Gasteiger partial charge in [-0.3, -0.25) is 4.79 Å². The molecule has 1 aromatic carbocycles. The van der Waals surface area contributed by atoms with Crippen molar-refractivity contribution in [1.82, 2.24) is 5.32 Å². The van der Waals surface area contributed by atoms with Crippen molar-refractivity contribution in [3.8, 4) is 0 Å². The van der Waals surface area contributed by atoms with Crippen LogP contribution in [0.5, 0.6) is 0 Å². The molecule has 1 aromatic rings. The molecule has 0 aliphatic carbocycles. The van der Waals surface area contributed by atoms with Gasteiger partial charge in [0.15, 0.2) is 0 Å². The van der Waals surface area contributed by atoms with Crippen molar-refractivity contribution in [3.63, 3.8) is 0 Å². The molecule has 3 heteroatoms. The zero-order valence-electron chi connectivity index (χ0n) is 10.8. The summed E-state index contributed by atoms with van der Waals surface area (Å²) in [5.41, 5.74) is 0.687. The lowest BCUT2D eigenvalue weighted by Gasteiger charge is -2.35. The van der Waals surface area contributed by atoms with Crippen molar-refractivity contribution in [2.24, 2.45) is 5.41 Å². The summed E-state index contributed by atoms with van der Waals surface area (Å²) >= 11 is 0. The zero-order chi connectivity index (χ0) is 13.0. The quantitative estimate of drug-likeness (QED) is 0.889. The van der Waals surface area contributed by atoms with Gasteiger partial charge < -0.3 is 5.32 Å². The molecule has 0 amide bonds. The van der Waals surface area contributed by atoms with Crippen LogP contribution < -0.4 is 5.32 Å². The Labute approximate surface area is 108 Å². The smallest absolute Gasteiger partial charge is 0.144 e. The summed E-state index contributed by atoms with van der Waals surface area (Å²) in [6.45, 7) is 3.87. The lowest BCUT2D eigenvalue weighted by atomic mass is 9.73. The number of halogens is 1. The Bertz CT molecular complexity index is 407. The maximum Gasteiger partial charge on any atom is 0.144 e. The molecular weight excluding hydrogens is 229 g/mol. The highest BCUT2D eigenvalue weighted by Crippen LogP contribution is 2.32. The minimum Gasteiger partial charge on any atom is -0.316 e. The molecule has 1 N–H and O–H groups in total. The SMILES string of the molecule is CCC1(C(=O)Cc2ccc(F)cc2)CCCNC1. The molecule has 1 saturated heterocycles. The van der Waals surface area contributed by atoms with Gasteiger partial charge in [-0.15, -0.1) is 0 Å². The third-order valence-corrected chi connectivity index (χ3v) is 4.02. The number of carbonyl (C=O) groups excluding carboxylic acids is 1. The summed E-state index contributed by atoms with van der Waals surface area (Å²) in [7, 11) is 0. The lowest BCUT2D eigenvalue weighted by molar-refractivity contribution is -0.129. The Balaban J connectivity index is 2.07. The maximum absolute atomic E-state index is 12.8. The minimum atomic E-state index is -0.254. The monoisotopic (exact) mass is 249 g/mol. The molecule has 0 spiro atoms. The minimum absolute atomic E-state index is 0.216. The summed E-state index contributed by atoms with van der Waals surface area (Å²) < 4.78 is 12.8. The molecule has 1 aliphatic heterocycles. The van der Waals surface area contributed by atoms with Crippen LogP contribution in [0.1, 0.15) is 31.7 Å². The molecule has 1 aliphatic rings. The van der Waals surface area contributed by atoms with Crippen LogP contribution >= 0.6 is 0 Å². The number of piperidine rings is 1. The highest BCUT2D eigenvalue weighted by atomic mass is 19.1. The number of nitrogens with one attached hydrogen (secondary N) is 1. The fraction of sp³-hybridized carbons (Fsp3) is 0.533. The Kier molecular flexibility index (Phi) is 4.12. The van der Waals surface area contributed by atoms with E-state index in [4.69, 9.17) is 0 Å². The predicted octanol–water partition coefficient (Wildman–Crippen LogP) is 2.72. The standard InChI is InChI=1S/C15H20FNO/c1-2-15(8-3-9-17-11-15)14(18)10-12-4-6-13(16)7-5-12/h4-7,17H,2-3,8-11H2,1H3. The first-order valence-corrected chi connectivity index (χ1v) is 6.65. The Morgan fingerprint density at radius 2 is 2.11 bits per heavy atom. The molecular formula is C15H20FNO. The van der Waals surface area contributed by atoms with Crippen LogP contribution in [0.4, 0.5) is 4.39 Å². The van der Waals surface area contributed by atoms with E-state index in [2.05, 4.69) is 12.2 Å². The van der Waals surface area contributed by atoms with E-state index in [-0.39, 0.29) is 17.0 Å². The topological polar surface area (TPSA) is 29.1 Å². The van der Waals surface area contributed by atoms with Gasteiger partial charge in [-0.25, -0.2) is 4.39 Å². The number of hydrogen-bond donors (Lipinski definition) is 1. The molecule has 98 valence electrons. The van der Waals surface area contributed by atoms with Crippen LogP contribution in [0.15, 0.2) is 24.3 Å². The van der Waals surface area contributed by atoms with Gasteiger partial charge >= 0.3 is 0 Å². The Morgan fingerprint density at radius 1 is 1.39 bits per heavy atom. The van der Waals surface area contributed by atoms with Crippen LogP contribution in [-0.2, 0) is 11.2 Å². The van der Waals surface area contributed by atoms with E-state index >= 15 is 0 Å². The van der Waals surface area contributed by atoms with Gasteiger partial charge in [0.25, 0.3) is 0 Å². The third-order valence-electron chi connectivity index (χ3n) is 4.02. The average Bonchev–Trinajstić information content (AvgIpc) is 2.42. The van der Waals surface area contributed by atoms with E-state index in [1.807, 2.05) is 0 Å². The number of carbonyl (C=O) groups is 1. The van der Waals surface area contributed by atoms with E-state index in [0.29, 0.717) is 6.42 Å². The summed E-state index contributed by atoms with van der Waals surface area (Å²) in [5.74, 6) is 0.0274. The molecule has 0 bridgehead atoms. The van der Waals surface area contributed by atoms with Gasteiger partial charge in [-0.05, 0) is 43.5 Å². The molecule has 1 atom stereocenters. The highest BCUT2D eigenvalue weighted by Gasteiger charge is 2.36. The molecule has 2 rings (SSSR count). The first-order valence-electron chi connectivity index (χ1n) is 6.65. The normalized spacial score (nSPS) is 23.9. The molecule has 1 unspecified atom stereocenters. The van der Waals surface area contributed by atoms with Crippen LogP contribution in [0.25, 0.3) is 0 Å². The van der Waals surface area contributed by atoms with Gasteiger partial charge in [-0.1, -0.05) is 19.1 Å². The largest absolute Gasteiger partial charge is 0.316 e. The van der Waals surface area contributed by atoms with Crippen molar-refractivity contribution < 1.29 is 9.18 Å². The molecule has 0 radical (unpaired) electrons. The predicted molar refractivity (Wildman–Crippen MR) is 69.9 cm³/mol. The van der Waals surface area contributed by atoms with E-state index in [9.17, 15) is 9.18 Å². The van der Waals surface area contributed by atoms with Crippen molar-refractivity contribution >= 4 is 5.78 Å². The number of benzene rings is 1. The van der Waals surface area contributed by atoms with Crippen LogP contribution in [0.3, 0.4) is 0 Å². The van der Waals surface area contributed by atoms with Gasteiger partial charge in [-0.2, -0.15) is 0 Å². The molecule has 0 aromatic heterocycles. The van der Waals surface area contributed by atoms with Gasteiger partial charge in [0.2, 0.25) is 0 Å². The van der Waals surface area contributed by atoms with Crippen molar-refractivity contribution in [2.75, 3.05) is 13.1 Å². The molecule has 1 heterocycles. The van der Waals surface area contributed by atoms with E-state index < -0.39 is 0 Å². The van der Waals surface area contributed by atoms with Crippen molar-refractivity contribution in [2.45, 2.75) is 32.6 Å². The average molecular weight is 249 g/mol. The van der Waals surface area contributed by atoms with Gasteiger partial charge in [0.05, 0.1) is 0 Å². The second-order valence-corrected chi connectivity index (χ2v) is 5.14. The highest BCUT2D eigenvalue weighted by molar-refractivity contribution is 5.87. The second kappa shape index (κ2) is 5.61. The number of Topliss-reactive ketones (excluding diaryl/α,β-unsaturated/α-hetero) is 1. The molecule has 1 fully saturated rings.